The van der Waals surface area contributed by atoms with Gasteiger partial charge in [-0.3, -0.25) is 14.4 Å². The second-order valence-corrected chi connectivity index (χ2v) is 7.71. The number of rotatable bonds is 4. The summed E-state index contributed by atoms with van der Waals surface area (Å²) in [6, 6.07) is 7.59. The number of carboxylic acids is 2. The zero-order valence-corrected chi connectivity index (χ0v) is 16.9. The highest BCUT2D eigenvalue weighted by Gasteiger charge is 2.32. The van der Waals surface area contributed by atoms with E-state index in [0.717, 1.165) is 0 Å². The number of hydrogen-bond donors (Lipinski definition) is 4. The lowest BCUT2D eigenvalue weighted by molar-refractivity contribution is -0.140. The number of fused-ring (bicyclic) bond motifs is 2. The van der Waals surface area contributed by atoms with Gasteiger partial charge in [-0.2, -0.15) is 0 Å². The largest absolute Gasteiger partial charge is 0.481 e. The van der Waals surface area contributed by atoms with Gasteiger partial charge in [0.15, 0.2) is 0 Å². The second-order valence-electron chi connectivity index (χ2n) is 7.71. The van der Waals surface area contributed by atoms with Gasteiger partial charge in [0, 0.05) is 22.5 Å². The van der Waals surface area contributed by atoms with Gasteiger partial charge in [-0.15, -0.1) is 0 Å². The van der Waals surface area contributed by atoms with E-state index >= 15 is 0 Å². The Morgan fingerprint density at radius 2 is 1.67 bits per heavy atom. The fraction of sp³-hybridized carbons (Fsp3) is 0.0833. The first-order valence-corrected chi connectivity index (χ1v) is 9.99. The number of carboxylic acid groups (broad SMARTS) is 2. The second kappa shape index (κ2) is 7.49. The molecule has 1 aromatic heterocycles. The molecular formula is C24H16N2O7. The maximum atomic E-state index is 12.4. The first-order valence-electron chi connectivity index (χ1n) is 9.99. The Balaban J connectivity index is 1.48. The zero-order chi connectivity index (χ0) is 23.3. The molecule has 5 rings (SSSR count). The summed E-state index contributed by atoms with van der Waals surface area (Å²) in [7, 11) is 0. The lowest BCUT2D eigenvalue weighted by atomic mass is 9.92. The first kappa shape index (κ1) is 20.3. The van der Waals surface area contributed by atoms with Gasteiger partial charge in [-0.05, 0) is 48.9 Å². The maximum Gasteiger partial charge on any atom is 0.335 e. The van der Waals surface area contributed by atoms with Crippen molar-refractivity contribution in [1.82, 2.24) is 5.32 Å². The van der Waals surface area contributed by atoms with Crippen LogP contribution in [-0.2, 0) is 14.4 Å². The fourth-order valence-corrected chi connectivity index (χ4v) is 3.97. The van der Waals surface area contributed by atoms with Crippen LogP contribution < -0.4 is 10.6 Å². The number of nitrogens with one attached hydrogen (secondary N) is 2. The van der Waals surface area contributed by atoms with E-state index < -0.39 is 17.9 Å². The maximum absolute atomic E-state index is 12.4. The number of carbonyl (C=O) groups excluding carboxylic acids is 2. The number of benzene rings is 1. The molecular weight excluding hydrogens is 428 g/mol. The van der Waals surface area contributed by atoms with Crippen LogP contribution in [0.5, 0.6) is 0 Å². The summed E-state index contributed by atoms with van der Waals surface area (Å²) in [5, 5.41) is 23.9. The van der Waals surface area contributed by atoms with Gasteiger partial charge in [-0.25, -0.2) is 4.79 Å². The van der Waals surface area contributed by atoms with Crippen molar-refractivity contribution in [3.8, 4) is 0 Å². The van der Waals surface area contributed by atoms with Gasteiger partial charge in [-0.1, -0.05) is 12.2 Å². The smallest absolute Gasteiger partial charge is 0.335 e. The lowest BCUT2D eigenvalue weighted by Gasteiger charge is -2.13. The molecule has 0 spiro atoms. The summed E-state index contributed by atoms with van der Waals surface area (Å²) in [5.74, 6) is -2.87. The average molecular weight is 444 g/mol. The summed E-state index contributed by atoms with van der Waals surface area (Å²) in [5.41, 5.74) is 2.64. The molecule has 1 saturated heterocycles. The molecule has 1 aromatic carbocycles. The number of aromatic carboxylic acids is 1. The molecule has 3 aliphatic rings. The summed E-state index contributed by atoms with van der Waals surface area (Å²) in [6.45, 7) is 0. The van der Waals surface area contributed by atoms with Crippen LogP contribution in [0, 0.1) is 5.92 Å². The lowest BCUT2D eigenvalue weighted by Crippen LogP contribution is -2.16. The molecule has 0 saturated carbocycles. The van der Waals surface area contributed by atoms with Gasteiger partial charge in [0.05, 0.1) is 22.6 Å². The van der Waals surface area contributed by atoms with Crippen molar-refractivity contribution in [2.75, 3.05) is 5.32 Å². The van der Waals surface area contributed by atoms with Crippen LogP contribution in [0.2, 0.25) is 0 Å². The fourth-order valence-electron chi connectivity index (χ4n) is 3.97. The number of hydrogen-bond acceptors (Lipinski definition) is 5. The van der Waals surface area contributed by atoms with Crippen LogP contribution in [0.25, 0.3) is 17.7 Å². The molecule has 2 amide bonds. The predicted molar refractivity (Wildman–Crippen MR) is 117 cm³/mol. The monoisotopic (exact) mass is 444 g/mol. The molecule has 1 unspecified atom stereocenters. The van der Waals surface area contributed by atoms with Crippen molar-refractivity contribution in [3.05, 3.63) is 82.0 Å². The van der Waals surface area contributed by atoms with Gasteiger partial charge >= 0.3 is 11.9 Å². The number of furan rings is 1. The highest BCUT2D eigenvalue weighted by Crippen LogP contribution is 2.35. The van der Waals surface area contributed by atoms with Gasteiger partial charge in [0.2, 0.25) is 0 Å². The van der Waals surface area contributed by atoms with Crippen molar-refractivity contribution in [1.29, 1.82) is 0 Å². The Morgan fingerprint density at radius 1 is 0.970 bits per heavy atom. The molecule has 2 aromatic rings. The van der Waals surface area contributed by atoms with E-state index in [9.17, 15) is 29.4 Å². The van der Waals surface area contributed by atoms with Crippen LogP contribution in [0.15, 0.2) is 63.7 Å². The van der Waals surface area contributed by atoms with E-state index in [1.807, 2.05) is 0 Å². The van der Waals surface area contributed by atoms with Crippen LogP contribution in [-0.4, -0.2) is 34.0 Å². The van der Waals surface area contributed by atoms with Gasteiger partial charge < -0.3 is 25.3 Å². The topological polar surface area (TPSA) is 146 Å². The molecule has 1 atom stereocenters. The van der Waals surface area contributed by atoms with Crippen LogP contribution in [0.3, 0.4) is 0 Å². The standard InChI is InChI=1S/C24H16N2O7/c27-21-17(15-7-11(23(29)30)1-5-19(15)25-21)9-13-3-4-14(33-13)10-18-16-8-12(24(31)32)2-6-20(16)26-22(18)28/h1,3-10,12H,2H2,(H,25,27)(H,26,28)(H,29,30)(H,31,32)/b17-9+,18-10+. The first-order chi connectivity index (χ1) is 15.8. The van der Waals surface area contributed by atoms with Crippen LogP contribution >= 0.6 is 0 Å². The molecule has 1 fully saturated rings. The van der Waals surface area contributed by atoms with Crippen LogP contribution in [0.1, 0.15) is 33.9 Å². The Morgan fingerprint density at radius 3 is 2.36 bits per heavy atom. The van der Waals surface area contributed by atoms with Crippen molar-refractivity contribution >= 4 is 47.2 Å². The van der Waals surface area contributed by atoms with Crippen molar-refractivity contribution in [3.63, 3.8) is 0 Å². The molecule has 1 aliphatic carbocycles. The minimum absolute atomic E-state index is 0.0533. The third-order valence-electron chi connectivity index (χ3n) is 5.60. The molecule has 2 aliphatic heterocycles. The summed E-state index contributed by atoms with van der Waals surface area (Å²) >= 11 is 0. The number of amides is 2. The third kappa shape index (κ3) is 3.55. The molecule has 4 N–H and O–H groups in total. The molecule has 3 heterocycles. The van der Waals surface area contributed by atoms with Crippen molar-refractivity contribution in [2.45, 2.75) is 6.42 Å². The Hall–Kier alpha value is -4.66. The Kier molecular flexibility index (Phi) is 4.59. The van der Waals surface area contributed by atoms with E-state index in [2.05, 4.69) is 10.6 Å². The summed E-state index contributed by atoms with van der Waals surface area (Å²) in [6.07, 6.45) is 6.54. The number of anilines is 1. The van der Waals surface area contributed by atoms with E-state index in [-0.39, 0.29) is 28.5 Å². The molecule has 9 nitrogen and oxygen atoms in total. The number of carbonyl (C=O) groups is 4. The summed E-state index contributed by atoms with van der Waals surface area (Å²) in [4.78, 5) is 47.4. The van der Waals surface area contributed by atoms with Crippen molar-refractivity contribution < 1.29 is 33.8 Å². The molecule has 164 valence electrons. The highest BCUT2D eigenvalue weighted by molar-refractivity contribution is 6.35. The molecule has 33 heavy (non-hydrogen) atoms. The molecule has 0 radical (unpaired) electrons. The van der Waals surface area contributed by atoms with Gasteiger partial charge in [0.1, 0.15) is 11.5 Å². The van der Waals surface area contributed by atoms with E-state index in [4.69, 9.17) is 4.42 Å². The predicted octanol–water partition coefficient (Wildman–Crippen LogP) is 2.90. The van der Waals surface area contributed by atoms with Crippen LogP contribution in [0.4, 0.5) is 5.69 Å². The Bertz CT molecular complexity index is 1390. The van der Waals surface area contributed by atoms with Gasteiger partial charge in [0.25, 0.3) is 11.8 Å². The average Bonchev–Trinajstić information content (AvgIpc) is 3.44. The van der Waals surface area contributed by atoms with E-state index in [0.29, 0.717) is 40.5 Å². The number of aliphatic carboxylic acids is 1. The molecule has 0 bridgehead atoms. The SMILES string of the molecule is O=C1NC2=CCC(C(=O)O)C=C2/C1=C\c1ccc(/C=C2/C(=O)Nc3ccc(C(=O)O)cc32)o1. The highest BCUT2D eigenvalue weighted by atomic mass is 16.4. The normalized spacial score (nSPS) is 21.3. The minimum atomic E-state index is -1.10. The van der Waals surface area contributed by atoms with E-state index in [1.54, 1.807) is 24.3 Å². The summed E-state index contributed by atoms with van der Waals surface area (Å²) < 4.78 is 5.76. The zero-order valence-electron chi connectivity index (χ0n) is 16.9. The van der Waals surface area contributed by atoms with Crippen molar-refractivity contribution in [2.24, 2.45) is 5.92 Å². The number of allylic oxidation sites excluding steroid dienone is 2. The third-order valence-corrected chi connectivity index (χ3v) is 5.60. The quantitative estimate of drug-likeness (QED) is 0.530. The minimum Gasteiger partial charge on any atom is -0.481 e. The van der Waals surface area contributed by atoms with E-state index in [1.165, 1.54) is 30.4 Å². The molecule has 9 heteroatoms. The Labute approximate surface area is 186 Å².